The Morgan fingerprint density at radius 1 is 1.40 bits per heavy atom. The van der Waals surface area contributed by atoms with Crippen LogP contribution in [0.15, 0.2) is 28.5 Å². The summed E-state index contributed by atoms with van der Waals surface area (Å²) in [4.78, 5) is 0.280. The van der Waals surface area contributed by atoms with Crippen LogP contribution in [0, 0.1) is 0 Å². The van der Waals surface area contributed by atoms with Crippen LogP contribution in [0.1, 0.15) is 5.56 Å². The molecule has 0 saturated heterocycles. The summed E-state index contributed by atoms with van der Waals surface area (Å²) >= 11 is 0. The van der Waals surface area contributed by atoms with E-state index < -0.39 is 9.84 Å². The van der Waals surface area contributed by atoms with Crippen LogP contribution in [-0.4, -0.2) is 22.1 Å². The van der Waals surface area contributed by atoms with Gasteiger partial charge in [-0.1, -0.05) is 6.07 Å². The van der Waals surface area contributed by atoms with Crippen molar-refractivity contribution in [3.63, 3.8) is 0 Å². The normalized spacial score (nSPS) is 17.1. The van der Waals surface area contributed by atoms with Gasteiger partial charge in [0.2, 0.25) is 9.84 Å². The van der Waals surface area contributed by atoms with Gasteiger partial charge in [0.1, 0.15) is 5.75 Å². The van der Waals surface area contributed by atoms with Gasteiger partial charge in [0.15, 0.2) is 0 Å². The van der Waals surface area contributed by atoms with Gasteiger partial charge >= 0.3 is 0 Å². The predicted molar refractivity (Wildman–Crippen MR) is 57.2 cm³/mol. The van der Waals surface area contributed by atoms with E-state index in [1.807, 2.05) is 0 Å². The second-order valence-corrected chi connectivity index (χ2v) is 4.99. The first-order valence-corrected chi connectivity index (χ1v) is 5.98. The van der Waals surface area contributed by atoms with Crippen LogP contribution in [0.2, 0.25) is 0 Å². The van der Waals surface area contributed by atoms with Gasteiger partial charge in [-0.25, -0.2) is 8.42 Å². The second-order valence-electron chi connectivity index (χ2n) is 3.23. The van der Waals surface area contributed by atoms with Crippen LogP contribution in [0.4, 0.5) is 0 Å². The Kier molecular flexibility index (Phi) is 2.28. The molecule has 2 N–H and O–H groups in total. The Bertz CT molecular complexity index is 532. The number of benzene rings is 1. The molecule has 0 aromatic heterocycles. The van der Waals surface area contributed by atoms with E-state index >= 15 is 0 Å². The Labute approximate surface area is 88.3 Å². The molecule has 1 aliphatic heterocycles. The quantitative estimate of drug-likeness (QED) is 0.807. The van der Waals surface area contributed by atoms with Crippen LogP contribution in [-0.2, 0) is 9.84 Å². The Morgan fingerprint density at radius 2 is 2.13 bits per heavy atom. The first kappa shape index (κ1) is 10.2. The Morgan fingerprint density at radius 3 is 2.73 bits per heavy atom. The highest BCUT2D eigenvalue weighted by molar-refractivity contribution is 7.95. The molecule has 80 valence electrons. The topological polar surface area (TPSA) is 69.4 Å². The summed E-state index contributed by atoms with van der Waals surface area (Å²) in [5, 5.41) is 1.21. The molecular weight excluding hydrogens is 214 g/mol. The SMILES string of the molecule is COc1cccc2c1C(CN)=CS2(=O)=O. The molecule has 0 radical (unpaired) electrons. The average Bonchev–Trinajstić information content (AvgIpc) is 2.50. The number of ether oxygens (including phenoxy) is 1. The van der Waals surface area contributed by atoms with Crippen molar-refractivity contribution in [2.75, 3.05) is 13.7 Å². The van der Waals surface area contributed by atoms with Crippen molar-refractivity contribution in [3.05, 3.63) is 29.2 Å². The molecule has 0 amide bonds. The van der Waals surface area contributed by atoms with Crippen LogP contribution in [0.5, 0.6) is 5.75 Å². The molecule has 15 heavy (non-hydrogen) atoms. The van der Waals surface area contributed by atoms with Gasteiger partial charge in [0.05, 0.1) is 12.0 Å². The fourth-order valence-corrected chi connectivity index (χ4v) is 3.19. The third kappa shape index (κ3) is 1.44. The van der Waals surface area contributed by atoms with Gasteiger partial charge in [0, 0.05) is 17.5 Å². The predicted octanol–water partition coefficient (Wildman–Crippen LogP) is 0.782. The van der Waals surface area contributed by atoms with Crippen LogP contribution >= 0.6 is 0 Å². The van der Waals surface area contributed by atoms with Gasteiger partial charge in [-0.3, -0.25) is 0 Å². The molecule has 0 bridgehead atoms. The minimum Gasteiger partial charge on any atom is -0.496 e. The van der Waals surface area contributed by atoms with E-state index in [1.165, 1.54) is 12.5 Å². The van der Waals surface area contributed by atoms with Crippen molar-refractivity contribution in [3.8, 4) is 5.75 Å². The standard InChI is InChI=1S/C10H11NO3S/c1-14-8-3-2-4-9-10(8)7(5-11)6-15(9,12)13/h2-4,6H,5,11H2,1H3. The maximum absolute atomic E-state index is 11.7. The van der Waals surface area contributed by atoms with Gasteiger partial charge in [0.25, 0.3) is 0 Å². The van der Waals surface area contributed by atoms with Crippen molar-refractivity contribution in [2.45, 2.75) is 4.90 Å². The number of nitrogens with two attached hydrogens (primary N) is 1. The summed E-state index contributed by atoms with van der Waals surface area (Å²) in [5.41, 5.74) is 6.70. The minimum absolute atomic E-state index is 0.187. The van der Waals surface area contributed by atoms with Crippen LogP contribution in [0.3, 0.4) is 0 Å². The van der Waals surface area contributed by atoms with Crippen molar-refractivity contribution >= 4 is 15.4 Å². The Balaban J connectivity index is 2.78. The maximum atomic E-state index is 11.7. The molecule has 5 heteroatoms. The monoisotopic (exact) mass is 225 g/mol. The first-order chi connectivity index (χ1) is 7.10. The molecule has 0 saturated carbocycles. The zero-order valence-corrected chi connectivity index (χ0v) is 9.04. The number of hydrogen-bond donors (Lipinski definition) is 1. The van der Waals surface area contributed by atoms with Crippen LogP contribution < -0.4 is 10.5 Å². The summed E-state index contributed by atoms with van der Waals surface area (Å²) in [5.74, 6) is 0.547. The Hall–Kier alpha value is -1.33. The summed E-state index contributed by atoms with van der Waals surface area (Å²) in [6.07, 6.45) is 0. The molecule has 0 unspecified atom stereocenters. The van der Waals surface area contributed by atoms with Gasteiger partial charge < -0.3 is 10.5 Å². The smallest absolute Gasteiger partial charge is 0.200 e. The highest BCUT2D eigenvalue weighted by atomic mass is 32.2. The summed E-state index contributed by atoms with van der Waals surface area (Å²) in [6.45, 7) is 0.187. The van der Waals surface area contributed by atoms with E-state index in [0.717, 1.165) is 0 Å². The molecule has 1 aliphatic rings. The van der Waals surface area contributed by atoms with E-state index in [0.29, 0.717) is 16.9 Å². The van der Waals surface area contributed by atoms with E-state index in [4.69, 9.17) is 10.5 Å². The first-order valence-electron chi connectivity index (χ1n) is 4.43. The lowest BCUT2D eigenvalue weighted by Crippen LogP contribution is -2.02. The van der Waals surface area contributed by atoms with Gasteiger partial charge in [-0.2, -0.15) is 0 Å². The molecular formula is C10H11NO3S. The van der Waals surface area contributed by atoms with Gasteiger partial charge in [-0.15, -0.1) is 0 Å². The lowest BCUT2D eigenvalue weighted by molar-refractivity contribution is 0.412. The highest BCUT2D eigenvalue weighted by Gasteiger charge is 2.28. The van der Waals surface area contributed by atoms with E-state index in [2.05, 4.69) is 0 Å². The number of hydrogen-bond acceptors (Lipinski definition) is 4. The highest BCUT2D eigenvalue weighted by Crippen LogP contribution is 2.38. The third-order valence-electron chi connectivity index (χ3n) is 2.35. The summed E-state index contributed by atoms with van der Waals surface area (Å²) in [6, 6.07) is 4.94. The molecule has 1 aromatic carbocycles. The number of sulfone groups is 1. The van der Waals surface area contributed by atoms with E-state index in [1.54, 1.807) is 18.2 Å². The zero-order chi connectivity index (χ0) is 11.1. The molecule has 4 nitrogen and oxygen atoms in total. The molecule has 0 fully saturated rings. The average molecular weight is 225 g/mol. The maximum Gasteiger partial charge on any atom is 0.200 e. The molecule has 0 spiro atoms. The fraction of sp³-hybridized carbons (Fsp3) is 0.200. The van der Waals surface area contributed by atoms with Crippen LogP contribution in [0.25, 0.3) is 5.57 Å². The van der Waals surface area contributed by atoms with Gasteiger partial charge in [-0.05, 0) is 17.7 Å². The van der Waals surface area contributed by atoms with E-state index in [-0.39, 0.29) is 11.4 Å². The lowest BCUT2D eigenvalue weighted by atomic mass is 10.1. The van der Waals surface area contributed by atoms with E-state index in [9.17, 15) is 8.42 Å². The number of fused-ring (bicyclic) bond motifs is 1. The molecule has 2 rings (SSSR count). The minimum atomic E-state index is -3.32. The van der Waals surface area contributed by atoms with Crippen molar-refractivity contribution in [1.29, 1.82) is 0 Å². The fourth-order valence-electron chi connectivity index (χ4n) is 1.69. The summed E-state index contributed by atoms with van der Waals surface area (Å²) in [7, 11) is -1.81. The molecule has 1 aromatic rings. The largest absolute Gasteiger partial charge is 0.496 e. The zero-order valence-electron chi connectivity index (χ0n) is 8.23. The van der Waals surface area contributed by atoms with Crippen molar-refractivity contribution in [1.82, 2.24) is 0 Å². The molecule has 0 atom stereocenters. The third-order valence-corrected chi connectivity index (χ3v) is 3.90. The second kappa shape index (κ2) is 3.36. The molecule has 0 aliphatic carbocycles. The lowest BCUT2D eigenvalue weighted by Gasteiger charge is -2.08. The number of methoxy groups -OCH3 is 1. The molecule has 1 heterocycles. The number of rotatable bonds is 2. The van der Waals surface area contributed by atoms with Crippen molar-refractivity contribution in [2.24, 2.45) is 5.73 Å². The van der Waals surface area contributed by atoms with Crippen molar-refractivity contribution < 1.29 is 13.2 Å². The summed E-state index contributed by atoms with van der Waals surface area (Å²) < 4.78 is 28.5.